The number of rotatable bonds is 8. The first-order valence-electron chi connectivity index (χ1n) is 8.51. The lowest BCUT2D eigenvalue weighted by molar-refractivity contribution is -0.148. The van der Waals surface area contributed by atoms with E-state index in [1.807, 2.05) is 13.8 Å². The Balaban J connectivity index is 1.97. The SMILES string of the molecule is CCC(C(C)=O)(C(=O)O)c1ccc(OCCC2COC(C)(C)O2)cc1. The van der Waals surface area contributed by atoms with E-state index in [0.29, 0.717) is 30.9 Å². The van der Waals surface area contributed by atoms with Gasteiger partial charge in [0.05, 0.1) is 19.3 Å². The van der Waals surface area contributed by atoms with Crippen LogP contribution in [-0.4, -0.2) is 42.0 Å². The number of hydrogen-bond acceptors (Lipinski definition) is 5. The summed E-state index contributed by atoms with van der Waals surface area (Å²) in [6, 6.07) is 6.68. The summed E-state index contributed by atoms with van der Waals surface area (Å²) in [4.78, 5) is 23.6. The van der Waals surface area contributed by atoms with Crippen LogP contribution in [0.25, 0.3) is 0 Å². The van der Waals surface area contributed by atoms with Gasteiger partial charge >= 0.3 is 5.97 Å². The van der Waals surface area contributed by atoms with Crippen LogP contribution in [0.4, 0.5) is 0 Å². The first-order chi connectivity index (χ1) is 11.7. The number of benzene rings is 1. The highest BCUT2D eigenvalue weighted by Gasteiger charge is 2.43. The molecule has 1 aliphatic heterocycles. The van der Waals surface area contributed by atoms with Crippen LogP contribution in [0.2, 0.25) is 0 Å². The Morgan fingerprint density at radius 3 is 2.40 bits per heavy atom. The Kier molecular flexibility index (Phi) is 5.85. The first-order valence-corrected chi connectivity index (χ1v) is 8.51. The monoisotopic (exact) mass is 350 g/mol. The highest BCUT2D eigenvalue weighted by Crippen LogP contribution is 2.31. The Bertz CT molecular complexity index is 605. The quantitative estimate of drug-likeness (QED) is 0.726. The van der Waals surface area contributed by atoms with E-state index in [1.54, 1.807) is 31.2 Å². The average Bonchev–Trinajstić information content (AvgIpc) is 2.88. The van der Waals surface area contributed by atoms with Crippen molar-refractivity contribution in [3.05, 3.63) is 29.8 Å². The van der Waals surface area contributed by atoms with Gasteiger partial charge in [-0.05, 0) is 44.9 Å². The fourth-order valence-electron chi connectivity index (χ4n) is 3.13. The van der Waals surface area contributed by atoms with Crippen molar-refractivity contribution in [3.8, 4) is 5.75 Å². The molecular weight excluding hydrogens is 324 g/mol. The van der Waals surface area contributed by atoms with E-state index in [2.05, 4.69) is 0 Å². The van der Waals surface area contributed by atoms with Gasteiger partial charge in [-0.25, -0.2) is 0 Å². The molecule has 1 N–H and O–H groups in total. The van der Waals surface area contributed by atoms with Crippen molar-refractivity contribution in [2.75, 3.05) is 13.2 Å². The van der Waals surface area contributed by atoms with Gasteiger partial charge in [-0.2, -0.15) is 0 Å². The molecule has 1 aromatic carbocycles. The predicted octanol–water partition coefficient (Wildman–Crippen LogP) is 2.93. The van der Waals surface area contributed by atoms with E-state index in [-0.39, 0.29) is 18.3 Å². The van der Waals surface area contributed by atoms with Gasteiger partial charge in [-0.1, -0.05) is 19.1 Å². The summed E-state index contributed by atoms with van der Waals surface area (Å²) in [6.45, 7) is 7.78. The van der Waals surface area contributed by atoms with Crippen LogP contribution in [0.3, 0.4) is 0 Å². The van der Waals surface area contributed by atoms with Crippen molar-refractivity contribution in [1.29, 1.82) is 0 Å². The van der Waals surface area contributed by atoms with E-state index >= 15 is 0 Å². The first kappa shape index (κ1) is 19.4. The molecule has 0 radical (unpaired) electrons. The molecular formula is C19H26O6. The molecule has 1 aromatic rings. The van der Waals surface area contributed by atoms with Gasteiger partial charge in [-0.3, -0.25) is 9.59 Å². The molecule has 1 saturated heterocycles. The van der Waals surface area contributed by atoms with Crippen molar-refractivity contribution in [3.63, 3.8) is 0 Å². The second kappa shape index (κ2) is 7.54. The lowest BCUT2D eigenvalue weighted by atomic mass is 9.75. The molecule has 2 unspecified atom stereocenters. The fourth-order valence-corrected chi connectivity index (χ4v) is 3.13. The van der Waals surface area contributed by atoms with Crippen molar-refractivity contribution in [2.24, 2.45) is 0 Å². The zero-order valence-electron chi connectivity index (χ0n) is 15.2. The number of aliphatic carboxylic acids is 1. The molecule has 0 saturated carbocycles. The third-order valence-corrected chi connectivity index (χ3v) is 4.62. The molecule has 1 aliphatic rings. The summed E-state index contributed by atoms with van der Waals surface area (Å²) in [5, 5.41) is 9.54. The van der Waals surface area contributed by atoms with Crippen LogP contribution in [0, 0.1) is 0 Å². The topological polar surface area (TPSA) is 82.1 Å². The molecule has 1 heterocycles. The molecule has 0 bridgehead atoms. The number of ketones is 1. The van der Waals surface area contributed by atoms with Crippen LogP contribution < -0.4 is 4.74 Å². The third-order valence-electron chi connectivity index (χ3n) is 4.62. The lowest BCUT2D eigenvalue weighted by Crippen LogP contribution is -2.41. The Hall–Kier alpha value is -1.92. The second-order valence-corrected chi connectivity index (χ2v) is 6.73. The number of carbonyl (C=O) groups excluding carboxylic acids is 1. The van der Waals surface area contributed by atoms with Gasteiger partial charge in [0.1, 0.15) is 5.75 Å². The fraction of sp³-hybridized carbons (Fsp3) is 0.579. The Labute approximate surface area is 148 Å². The number of carboxylic acid groups (broad SMARTS) is 1. The summed E-state index contributed by atoms with van der Waals surface area (Å²) in [6.07, 6.45) is 0.908. The van der Waals surface area contributed by atoms with Gasteiger partial charge < -0.3 is 19.3 Å². The highest BCUT2D eigenvalue weighted by molar-refractivity contribution is 6.07. The highest BCUT2D eigenvalue weighted by atomic mass is 16.7. The molecule has 6 nitrogen and oxygen atoms in total. The molecule has 138 valence electrons. The Morgan fingerprint density at radius 1 is 1.32 bits per heavy atom. The van der Waals surface area contributed by atoms with Crippen molar-refractivity contribution < 1.29 is 28.9 Å². The number of carbonyl (C=O) groups is 2. The molecule has 1 fully saturated rings. The van der Waals surface area contributed by atoms with E-state index in [9.17, 15) is 14.7 Å². The summed E-state index contributed by atoms with van der Waals surface area (Å²) in [5.41, 5.74) is -1.03. The maximum Gasteiger partial charge on any atom is 0.321 e. The standard InChI is InChI=1S/C19H26O6/c1-5-19(13(2)20,17(21)22)14-6-8-15(9-7-14)23-11-10-16-12-24-18(3,4)25-16/h6-9,16H,5,10-12H2,1-4H3,(H,21,22). The minimum Gasteiger partial charge on any atom is -0.493 e. The van der Waals surface area contributed by atoms with E-state index < -0.39 is 17.2 Å². The Morgan fingerprint density at radius 2 is 1.96 bits per heavy atom. The zero-order valence-corrected chi connectivity index (χ0v) is 15.2. The molecule has 2 rings (SSSR count). The largest absolute Gasteiger partial charge is 0.493 e. The van der Waals surface area contributed by atoms with E-state index in [4.69, 9.17) is 14.2 Å². The van der Waals surface area contributed by atoms with Crippen molar-refractivity contribution in [2.45, 2.75) is 57.8 Å². The average molecular weight is 350 g/mol. The van der Waals surface area contributed by atoms with Gasteiger partial charge in [0.25, 0.3) is 0 Å². The molecule has 0 spiro atoms. The van der Waals surface area contributed by atoms with E-state index in [1.165, 1.54) is 6.92 Å². The maximum atomic E-state index is 12.0. The van der Waals surface area contributed by atoms with Crippen LogP contribution >= 0.6 is 0 Å². The van der Waals surface area contributed by atoms with Gasteiger partial charge in [0.15, 0.2) is 17.0 Å². The predicted molar refractivity (Wildman–Crippen MR) is 91.7 cm³/mol. The number of ether oxygens (including phenoxy) is 3. The van der Waals surface area contributed by atoms with Crippen molar-refractivity contribution >= 4 is 11.8 Å². The molecule has 25 heavy (non-hydrogen) atoms. The minimum atomic E-state index is -1.50. The third kappa shape index (κ3) is 4.19. The summed E-state index contributed by atoms with van der Waals surface area (Å²) < 4.78 is 16.9. The molecule has 0 aromatic heterocycles. The van der Waals surface area contributed by atoms with Crippen LogP contribution in [0.15, 0.2) is 24.3 Å². The summed E-state index contributed by atoms with van der Waals surface area (Å²) in [5.74, 6) is -1.42. The normalized spacial score (nSPS) is 21.5. The van der Waals surface area contributed by atoms with E-state index in [0.717, 1.165) is 0 Å². The van der Waals surface area contributed by atoms with Gasteiger partial charge in [0.2, 0.25) is 0 Å². The van der Waals surface area contributed by atoms with Crippen LogP contribution in [0.5, 0.6) is 5.75 Å². The minimum absolute atomic E-state index is 0.00624. The number of Topliss-reactive ketones (excluding diaryl/α,β-unsaturated/α-hetero) is 1. The zero-order chi connectivity index (χ0) is 18.7. The number of hydrogen-bond donors (Lipinski definition) is 1. The van der Waals surface area contributed by atoms with Gasteiger partial charge in [-0.15, -0.1) is 0 Å². The van der Waals surface area contributed by atoms with Crippen molar-refractivity contribution in [1.82, 2.24) is 0 Å². The molecule has 2 atom stereocenters. The lowest BCUT2D eigenvalue weighted by Gasteiger charge is -2.25. The molecule has 0 aliphatic carbocycles. The molecule has 0 amide bonds. The second-order valence-electron chi connectivity index (χ2n) is 6.73. The molecule has 6 heteroatoms. The van der Waals surface area contributed by atoms with Crippen LogP contribution in [0.1, 0.15) is 46.1 Å². The number of carboxylic acids is 1. The summed E-state index contributed by atoms with van der Waals surface area (Å²) >= 11 is 0. The maximum absolute atomic E-state index is 12.0. The van der Waals surface area contributed by atoms with Crippen LogP contribution in [-0.2, 0) is 24.5 Å². The van der Waals surface area contributed by atoms with Gasteiger partial charge in [0, 0.05) is 6.42 Å². The summed E-state index contributed by atoms with van der Waals surface area (Å²) in [7, 11) is 0. The smallest absolute Gasteiger partial charge is 0.321 e.